The molecule has 0 aliphatic carbocycles. The molecule has 0 aliphatic rings. The zero-order valence-electron chi connectivity index (χ0n) is 22.0. The van der Waals surface area contributed by atoms with Gasteiger partial charge in [-0.25, -0.2) is 13.9 Å². The number of pyridine rings is 1. The number of carbonyl (C=O) groups is 1. The van der Waals surface area contributed by atoms with Gasteiger partial charge in [-0.1, -0.05) is 24.3 Å². The Labute approximate surface area is 225 Å². The van der Waals surface area contributed by atoms with Crippen LogP contribution < -0.4 is 9.47 Å². The lowest BCUT2D eigenvalue weighted by molar-refractivity contribution is 0.0723. The van der Waals surface area contributed by atoms with Gasteiger partial charge in [0, 0.05) is 48.5 Å². The largest absolute Gasteiger partial charge is 0.493 e. The number of amides is 1. The molecule has 3 aromatic heterocycles. The fraction of sp³-hybridized carbons (Fsp3) is 0.200. The van der Waals surface area contributed by atoms with Gasteiger partial charge >= 0.3 is 0 Å². The number of benzene rings is 2. The summed E-state index contributed by atoms with van der Waals surface area (Å²) in [4.78, 5) is 24.1. The highest BCUT2D eigenvalue weighted by atomic mass is 19.1. The maximum atomic E-state index is 14.1. The van der Waals surface area contributed by atoms with Crippen LogP contribution >= 0.6 is 0 Å². The second-order valence-electron chi connectivity index (χ2n) is 9.22. The second kappa shape index (κ2) is 11.3. The summed E-state index contributed by atoms with van der Waals surface area (Å²) in [5.41, 5.74) is 4.85. The minimum absolute atomic E-state index is 0.0408. The third-order valence-electron chi connectivity index (χ3n) is 6.30. The van der Waals surface area contributed by atoms with Gasteiger partial charge in [0.15, 0.2) is 22.8 Å². The first-order valence-corrected chi connectivity index (χ1v) is 12.5. The van der Waals surface area contributed by atoms with Crippen molar-refractivity contribution in [2.75, 3.05) is 7.11 Å². The summed E-state index contributed by atoms with van der Waals surface area (Å²) >= 11 is 0. The van der Waals surface area contributed by atoms with Crippen LogP contribution in [0.2, 0.25) is 0 Å². The van der Waals surface area contributed by atoms with Crippen molar-refractivity contribution in [3.05, 3.63) is 119 Å². The normalized spacial score (nSPS) is 11.0. The van der Waals surface area contributed by atoms with E-state index in [2.05, 4.69) is 15.1 Å². The van der Waals surface area contributed by atoms with E-state index in [9.17, 15) is 9.18 Å². The number of carbonyl (C=O) groups excluding carboxylic acids is 1. The van der Waals surface area contributed by atoms with E-state index in [1.807, 2.05) is 44.2 Å². The molecule has 0 fully saturated rings. The maximum Gasteiger partial charge on any atom is 0.275 e. The van der Waals surface area contributed by atoms with E-state index in [0.29, 0.717) is 34.9 Å². The van der Waals surface area contributed by atoms with E-state index >= 15 is 0 Å². The Hall–Kier alpha value is -4.79. The zero-order chi connectivity index (χ0) is 27.4. The van der Waals surface area contributed by atoms with Crippen molar-refractivity contribution >= 4 is 11.6 Å². The molecule has 0 radical (unpaired) electrons. The van der Waals surface area contributed by atoms with Gasteiger partial charge in [0.1, 0.15) is 12.4 Å². The SMILES string of the molecule is COc1ccc(CN(Cc2ccncc2)C(=O)c2cc3nc(C)cc(C)n3n2)cc1OCc1ccccc1F. The predicted octanol–water partition coefficient (Wildman–Crippen LogP) is 5.31. The molecule has 9 heteroatoms. The van der Waals surface area contributed by atoms with Crippen LogP contribution in [0.1, 0.15) is 38.6 Å². The molecule has 0 N–H and O–H groups in total. The summed E-state index contributed by atoms with van der Waals surface area (Å²) in [7, 11) is 1.55. The third kappa shape index (κ3) is 5.87. The zero-order valence-corrected chi connectivity index (χ0v) is 22.0. The lowest BCUT2D eigenvalue weighted by Gasteiger charge is -2.23. The lowest BCUT2D eigenvalue weighted by Crippen LogP contribution is -2.30. The predicted molar refractivity (Wildman–Crippen MR) is 144 cm³/mol. The number of nitrogens with zero attached hydrogens (tertiary/aromatic N) is 5. The standard InChI is InChI=1S/C30H28FN5O3/c1-20-14-21(2)36-29(33-20)16-26(34-36)30(37)35(17-22-10-12-32-13-11-22)18-23-8-9-27(38-3)28(15-23)39-19-24-6-4-5-7-25(24)31/h4-16H,17-19H2,1-3H3. The highest BCUT2D eigenvalue weighted by Gasteiger charge is 2.22. The van der Waals surface area contributed by atoms with E-state index in [4.69, 9.17) is 9.47 Å². The van der Waals surface area contributed by atoms with E-state index in [1.54, 1.807) is 59.3 Å². The van der Waals surface area contributed by atoms with Crippen LogP contribution in [0.3, 0.4) is 0 Å². The van der Waals surface area contributed by atoms with Gasteiger partial charge < -0.3 is 14.4 Å². The van der Waals surface area contributed by atoms with Gasteiger partial charge in [-0.15, -0.1) is 0 Å². The average molecular weight is 526 g/mol. The van der Waals surface area contributed by atoms with Gasteiger partial charge in [0.25, 0.3) is 5.91 Å². The molecule has 0 aliphatic heterocycles. The Bertz CT molecular complexity index is 1620. The summed E-state index contributed by atoms with van der Waals surface area (Å²) in [6, 6.07) is 19.3. The molecule has 0 saturated carbocycles. The number of aromatic nitrogens is 4. The number of rotatable bonds is 9. The molecule has 5 aromatic rings. The fourth-order valence-corrected chi connectivity index (χ4v) is 4.39. The summed E-state index contributed by atoms with van der Waals surface area (Å²) in [5.74, 6) is 0.394. The minimum Gasteiger partial charge on any atom is -0.493 e. The summed E-state index contributed by atoms with van der Waals surface area (Å²) < 4.78 is 27.2. The van der Waals surface area contributed by atoms with Crippen LogP contribution in [0.5, 0.6) is 11.5 Å². The van der Waals surface area contributed by atoms with Crippen molar-refractivity contribution < 1.29 is 18.7 Å². The van der Waals surface area contributed by atoms with E-state index < -0.39 is 0 Å². The van der Waals surface area contributed by atoms with Crippen LogP contribution in [-0.2, 0) is 19.7 Å². The Morgan fingerprint density at radius 1 is 0.949 bits per heavy atom. The van der Waals surface area contributed by atoms with Crippen LogP contribution in [0.15, 0.2) is 79.1 Å². The summed E-state index contributed by atoms with van der Waals surface area (Å²) in [6.07, 6.45) is 3.39. The Balaban J connectivity index is 1.44. The van der Waals surface area contributed by atoms with Gasteiger partial charge in [0.2, 0.25) is 0 Å². The smallest absolute Gasteiger partial charge is 0.275 e. The van der Waals surface area contributed by atoms with Gasteiger partial charge in [-0.3, -0.25) is 9.78 Å². The van der Waals surface area contributed by atoms with Crippen molar-refractivity contribution in [3.8, 4) is 11.5 Å². The number of methoxy groups -OCH3 is 1. The maximum absolute atomic E-state index is 14.1. The van der Waals surface area contributed by atoms with Gasteiger partial charge in [-0.2, -0.15) is 5.10 Å². The molecule has 3 heterocycles. The molecule has 0 unspecified atom stereocenters. The topological polar surface area (TPSA) is 81.9 Å². The van der Waals surface area contributed by atoms with E-state index in [1.165, 1.54) is 6.07 Å². The number of hydrogen-bond donors (Lipinski definition) is 0. The van der Waals surface area contributed by atoms with Gasteiger partial charge in [0.05, 0.1) is 7.11 Å². The quantitative estimate of drug-likeness (QED) is 0.259. The Morgan fingerprint density at radius 3 is 2.49 bits per heavy atom. The number of halogens is 1. The fourth-order valence-electron chi connectivity index (χ4n) is 4.39. The number of hydrogen-bond acceptors (Lipinski definition) is 6. The van der Waals surface area contributed by atoms with E-state index in [-0.39, 0.29) is 24.9 Å². The molecule has 0 bridgehead atoms. The van der Waals surface area contributed by atoms with Crippen molar-refractivity contribution in [2.45, 2.75) is 33.5 Å². The molecule has 0 saturated heterocycles. The Morgan fingerprint density at radius 2 is 1.72 bits per heavy atom. The third-order valence-corrected chi connectivity index (χ3v) is 6.30. The highest BCUT2D eigenvalue weighted by Crippen LogP contribution is 2.30. The van der Waals surface area contributed by atoms with Crippen molar-refractivity contribution in [1.29, 1.82) is 0 Å². The summed E-state index contributed by atoms with van der Waals surface area (Å²) in [6.45, 7) is 4.50. The molecule has 5 rings (SSSR count). The van der Waals surface area contributed by atoms with Crippen molar-refractivity contribution in [2.24, 2.45) is 0 Å². The minimum atomic E-state index is -0.339. The van der Waals surface area contributed by atoms with Gasteiger partial charge in [-0.05, 0) is 61.4 Å². The number of aryl methyl sites for hydroxylation is 2. The van der Waals surface area contributed by atoms with Crippen LogP contribution in [0.25, 0.3) is 5.65 Å². The first-order valence-electron chi connectivity index (χ1n) is 12.5. The number of fused-ring (bicyclic) bond motifs is 1. The molecule has 8 nitrogen and oxygen atoms in total. The summed E-state index contributed by atoms with van der Waals surface area (Å²) in [5, 5.41) is 4.54. The molecule has 1 amide bonds. The molecule has 2 aromatic carbocycles. The first-order chi connectivity index (χ1) is 18.9. The molecule has 198 valence electrons. The molecular formula is C30H28FN5O3. The molecule has 0 spiro atoms. The lowest BCUT2D eigenvalue weighted by atomic mass is 10.1. The van der Waals surface area contributed by atoms with E-state index in [0.717, 1.165) is 22.5 Å². The Kier molecular flexibility index (Phi) is 7.49. The van der Waals surface area contributed by atoms with Crippen LogP contribution in [0.4, 0.5) is 4.39 Å². The molecule has 39 heavy (non-hydrogen) atoms. The first kappa shape index (κ1) is 25.8. The van der Waals surface area contributed by atoms with Crippen LogP contribution in [-0.4, -0.2) is 37.5 Å². The highest BCUT2D eigenvalue weighted by molar-refractivity contribution is 5.93. The molecule has 0 atom stereocenters. The average Bonchev–Trinajstić information content (AvgIpc) is 3.37. The van der Waals surface area contributed by atoms with Crippen LogP contribution in [0, 0.1) is 19.7 Å². The van der Waals surface area contributed by atoms with Crippen molar-refractivity contribution in [3.63, 3.8) is 0 Å². The number of ether oxygens (including phenoxy) is 2. The van der Waals surface area contributed by atoms with Crippen molar-refractivity contribution in [1.82, 2.24) is 24.5 Å². The monoisotopic (exact) mass is 525 g/mol. The molecular weight excluding hydrogens is 497 g/mol. The second-order valence-corrected chi connectivity index (χ2v) is 9.22.